The molecule has 0 spiro atoms. The molecule has 0 aromatic heterocycles. The van der Waals surface area contributed by atoms with Crippen LogP contribution in [0.5, 0.6) is 0 Å². The molecular weight excluding hydrogens is 174 g/mol. The number of aliphatic hydroxyl groups excluding tert-OH is 1. The molecule has 90 valence electrons. The summed E-state index contributed by atoms with van der Waals surface area (Å²) in [7, 11) is 0. The van der Waals surface area contributed by atoms with E-state index in [1.165, 1.54) is 25.7 Å². The molecule has 0 heterocycles. The second kappa shape index (κ2) is 18.7. The largest absolute Gasteiger partial charge is 0.394 e. The Labute approximate surface area is 90.9 Å². The summed E-state index contributed by atoms with van der Waals surface area (Å²) in [5.41, 5.74) is 5.11. The van der Waals surface area contributed by atoms with Crippen LogP contribution in [-0.2, 0) is 0 Å². The van der Waals surface area contributed by atoms with E-state index in [4.69, 9.17) is 10.8 Å². The Morgan fingerprint density at radius 3 is 1.14 bits per heavy atom. The first kappa shape index (κ1) is 19.5. The van der Waals surface area contributed by atoms with Gasteiger partial charge in [-0.15, -0.1) is 0 Å². The van der Waals surface area contributed by atoms with Gasteiger partial charge in [0.25, 0.3) is 0 Å². The summed E-state index contributed by atoms with van der Waals surface area (Å²) >= 11 is 0. The first-order chi connectivity index (χ1) is 6.38. The molecule has 2 nitrogen and oxygen atoms in total. The average molecular weight is 205 g/mol. The molecule has 0 radical (unpaired) electrons. The minimum Gasteiger partial charge on any atom is -0.394 e. The summed E-state index contributed by atoms with van der Waals surface area (Å²) in [6.45, 7) is 11.8. The minimum atomic E-state index is -0.167. The van der Waals surface area contributed by atoms with Gasteiger partial charge in [0.05, 0.1) is 0 Å². The molecule has 3 N–H and O–H groups in total. The zero-order valence-electron chi connectivity index (χ0n) is 11.0. The molecule has 0 aliphatic rings. The number of hydrogen-bond acceptors (Lipinski definition) is 2. The van der Waals surface area contributed by atoms with Crippen LogP contribution >= 0.6 is 0 Å². The molecule has 14 heavy (non-hydrogen) atoms. The lowest BCUT2D eigenvalue weighted by Crippen LogP contribution is -2.06. The van der Waals surface area contributed by atoms with Gasteiger partial charge in [0, 0.05) is 6.10 Å². The third-order valence-corrected chi connectivity index (χ3v) is 0.957. The van der Waals surface area contributed by atoms with Crippen LogP contribution in [-0.4, -0.2) is 17.3 Å². The third-order valence-electron chi connectivity index (χ3n) is 0.957. The van der Waals surface area contributed by atoms with Crippen molar-refractivity contribution in [1.82, 2.24) is 0 Å². The predicted molar refractivity (Wildman–Crippen MR) is 66.5 cm³/mol. The van der Waals surface area contributed by atoms with Crippen LogP contribution in [0.4, 0.5) is 0 Å². The Morgan fingerprint density at radius 2 is 1.07 bits per heavy atom. The fourth-order valence-corrected chi connectivity index (χ4v) is 0.500. The van der Waals surface area contributed by atoms with Crippen molar-refractivity contribution >= 4 is 0 Å². The summed E-state index contributed by atoms with van der Waals surface area (Å²) < 4.78 is 0. The van der Waals surface area contributed by atoms with Crippen LogP contribution in [0.2, 0.25) is 0 Å². The number of unbranched alkanes of at least 4 members (excludes halogenated alkanes) is 3. The summed E-state index contributed by atoms with van der Waals surface area (Å²) in [5, 5.41) is 8.06. The highest BCUT2D eigenvalue weighted by Gasteiger charge is 1.75. The standard InChI is InChI=1S/C6H14.C3H9N.C3H8O/c1-3-5-6-4-2;2*1-3(2)4/h3-6H2,1-2H3;3H,4H2,1-2H3;3-4H,1-2H3. The van der Waals surface area contributed by atoms with Crippen molar-refractivity contribution < 1.29 is 5.11 Å². The van der Waals surface area contributed by atoms with E-state index >= 15 is 0 Å². The molecule has 0 amide bonds. The second-order valence-corrected chi connectivity index (χ2v) is 4.04. The molecule has 0 aromatic carbocycles. The van der Waals surface area contributed by atoms with Crippen LogP contribution in [0, 0.1) is 0 Å². The first-order valence-corrected chi connectivity index (χ1v) is 5.82. The van der Waals surface area contributed by atoms with Crippen molar-refractivity contribution in [3.63, 3.8) is 0 Å². The van der Waals surface area contributed by atoms with Crippen LogP contribution in [0.3, 0.4) is 0 Å². The number of rotatable bonds is 3. The Kier molecular flexibility index (Phi) is 26.0. The number of aliphatic hydroxyl groups is 1. The van der Waals surface area contributed by atoms with Crippen LogP contribution in [0.1, 0.15) is 67.2 Å². The van der Waals surface area contributed by atoms with Crippen molar-refractivity contribution in [2.45, 2.75) is 79.4 Å². The van der Waals surface area contributed by atoms with E-state index in [2.05, 4.69) is 13.8 Å². The van der Waals surface area contributed by atoms with Crippen molar-refractivity contribution in [1.29, 1.82) is 0 Å². The average Bonchev–Trinajstić information content (AvgIpc) is 1.98. The number of nitrogens with two attached hydrogens (primary N) is 1. The predicted octanol–water partition coefficient (Wildman–Crippen LogP) is 3.33. The smallest absolute Gasteiger partial charge is 0.0483 e. The van der Waals surface area contributed by atoms with Gasteiger partial charge in [-0.05, 0) is 19.9 Å². The quantitative estimate of drug-likeness (QED) is 0.694. The normalized spacial score (nSPS) is 9.00. The zero-order valence-corrected chi connectivity index (χ0v) is 11.0. The molecule has 0 saturated carbocycles. The molecule has 0 fully saturated rings. The first-order valence-electron chi connectivity index (χ1n) is 5.82. The van der Waals surface area contributed by atoms with Gasteiger partial charge in [0.2, 0.25) is 0 Å². The van der Waals surface area contributed by atoms with Gasteiger partial charge in [-0.1, -0.05) is 53.4 Å². The minimum absolute atomic E-state index is 0.167. The third kappa shape index (κ3) is 167. The van der Waals surface area contributed by atoms with E-state index in [9.17, 15) is 0 Å². The Balaban J connectivity index is -0.000000135. The second-order valence-electron chi connectivity index (χ2n) is 4.04. The van der Waals surface area contributed by atoms with Gasteiger partial charge in [-0.2, -0.15) is 0 Å². The Bertz CT molecular complexity index is 57.2. The van der Waals surface area contributed by atoms with Gasteiger partial charge in [-0.25, -0.2) is 0 Å². The highest BCUT2D eigenvalue weighted by atomic mass is 16.3. The molecule has 0 aromatic rings. The molecule has 0 bridgehead atoms. The SMILES string of the molecule is CC(C)N.CC(C)O.CCCCCC. The van der Waals surface area contributed by atoms with E-state index in [1.807, 2.05) is 13.8 Å². The topological polar surface area (TPSA) is 46.2 Å². The van der Waals surface area contributed by atoms with Crippen LogP contribution < -0.4 is 5.73 Å². The molecular formula is C12H31NO. The molecule has 2 heteroatoms. The summed E-state index contributed by atoms with van der Waals surface area (Å²) in [4.78, 5) is 0. The molecule has 0 aliphatic heterocycles. The maximum absolute atomic E-state index is 8.06. The highest BCUT2D eigenvalue weighted by Crippen LogP contribution is 1.95. The fraction of sp³-hybridized carbons (Fsp3) is 1.00. The summed E-state index contributed by atoms with van der Waals surface area (Å²) in [6.07, 6.45) is 5.37. The number of hydrogen-bond donors (Lipinski definition) is 2. The summed E-state index contributed by atoms with van der Waals surface area (Å²) in [5.74, 6) is 0. The Morgan fingerprint density at radius 1 is 0.929 bits per heavy atom. The lowest BCUT2D eigenvalue weighted by atomic mass is 10.2. The van der Waals surface area contributed by atoms with Gasteiger partial charge >= 0.3 is 0 Å². The molecule has 0 rings (SSSR count). The maximum atomic E-state index is 8.06. The van der Waals surface area contributed by atoms with Crippen molar-refractivity contribution in [3.8, 4) is 0 Å². The van der Waals surface area contributed by atoms with Crippen molar-refractivity contribution in [2.75, 3.05) is 0 Å². The monoisotopic (exact) mass is 205 g/mol. The van der Waals surface area contributed by atoms with Crippen LogP contribution in [0.15, 0.2) is 0 Å². The fourth-order valence-electron chi connectivity index (χ4n) is 0.500. The molecule has 0 saturated heterocycles. The van der Waals surface area contributed by atoms with Gasteiger partial charge in [0.15, 0.2) is 0 Å². The van der Waals surface area contributed by atoms with E-state index in [0.29, 0.717) is 6.04 Å². The van der Waals surface area contributed by atoms with Crippen LogP contribution in [0.25, 0.3) is 0 Å². The zero-order chi connectivity index (χ0) is 12.0. The maximum Gasteiger partial charge on any atom is 0.0483 e. The highest BCUT2D eigenvalue weighted by molar-refractivity contribution is 4.32. The van der Waals surface area contributed by atoms with Crippen molar-refractivity contribution in [2.24, 2.45) is 5.73 Å². The van der Waals surface area contributed by atoms with E-state index in [0.717, 1.165) is 0 Å². The molecule has 0 aliphatic carbocycles. The Hall–Kier alpha value is -0.0800. The van der Waals surface area contributed by atoms with Gasteiger partial charge in [-0.3, -0.25) is 0 Å². The lowest BCUT2D eigenvalue weighted by molar-refractivity contribution is 0.216. The van der Waals surface area contributed by atoms with E-state index in [1.54, 1.807) is 13.8 Å². The lowest BCUT2D eigenvalue weighted by Gasteiger charge is -1.86. The van der Waals surface area contributed by atoms with Gasteiger partial charge < -0.3 is 10.8 Å². The summed E-state index contributed by atoms with van der Waals surface area (Å²) in [6, 6.07) is 0.333. The van der Waals surface area contributed by atoms with Gasteiger partial charge in [0.1, 0.15) is 0 Å². The van der Waals surface area contributed by atoms with E-state index < -0.39 is 0 Å². The van der Waals surface area contributed by atoms with E-state index in [-0.39, 0.29) is 6.10 Å². The van der Waals surface area contributed by atoms with Crippen molar-refractivity contribution in [3.05, 3.63) is 0 Å². The molecule has 0 atom stereocenters. The molecule has 0 unspecified atom stereocenters.